The maximum absolute atomic E-state index is 12.2. The van der Waals surface area contributed by atoms with Crippen molar-refractivity contribution in [2.45, 2.75) is 13.0 Å². The number of hydrogen-bond donors (Lipinski definition) is 1. The number of rotatable bonds is 3. The van der Waals surface area contributed by atoms with Crippen LogP contribution in [0, 0.1) is 6.92 Å². The number of carbonyl (C=O) groups excluding carboxylic acids is 1. The molecule has 2 rings (SSSR count). The van der Waals surface area contributed by atoms with E-state index < -0.39 is 0 Å². The molecule has 0 radical (unpaired) electrons. The summed E-state index contributed by atoms with van der Waals surface area (Å²) in [7, 11) is 3.73. The van der Waals surface area contributed by atoms with Crippen LogP contribution < -0.4 is 10.2 Å². The molecular formula is C13H18ClN3O. The molecule has 1 fully saturated rings. The standard InChI is InChI=1S/C13H18ClN3O/c1-9-4-5-10(14)6-12(9)17-8-11(7-15-2)16(3)13(17)18/h4-6,11,15H,7-8H2,1-3H3. The molecule has 0 aliphatic carbocycles. The number of carbonyl (C=O) groups is 1. The summed E-state index contributed by atoms with van der Waals surface area (Å²) in [6.45, 7) is 3.47. The lowest BCUT2D eigenvalue weighted by atomic mass is 10.2. The molecule has 1 unspecified atom stereocenters. The number of nitrogens with one attached hydrogen (secondary N) is 1. The van der Waals surface area contributed by atoms with E-state index in [1.54, 1.807) is 9.80 Å². The summed E-state index contributed by atoms with van der Waals surface area (Å²) < 4.78 is 0. The maximum atomic E-state index is 12.2. The minimum atomic E-state index is 0.0283. The molecule has 1 aliphatic rings. The number of halogens is 1. The molecule has 1 saturated heterocycles. The van der Waals surface area contributed by atoms with Crippen molar-refractivity contribution >= 4 is 23.3 Å². The van der Waals surface area contributed by atoms with Crippen molar-refractivity contribution in [3.8, 4) is 0 Å². The van der Waals surface area contributed by atoms with Gasteiger partial charge in [-0.2, -0.15) is 0 Å². The molecule has 5 heteroatoms. The van der Waals surface area contributed by atoms with E-state index in [1.165, 1.54) is 0 Å². The van der Waals surface area contributed by atoms with Crippen molar-refractivity contribution in [3.05, 3.63) is 28.8 Å². The number of likely N-dealkylation sites (N-methyl/N-ethyl adjacent to an activating group) is 2. The Bertz CT molecular complexity index is 464. The molecule has 1 aromatic rings. The number of amides is 2. The molecule has 1 aliphatic heterocycles. The number of anilines is 1. The summed E-state index contributed by atoms with van der Waals surface area (Å²) >= 11 is 6.01. The van der Waals surface area contributed by atoms with Crippen LogP contribution >= 0.6 is 11.6 Å². The second kappa shape index (κ2) is 5.16. The van der Waals surface area contributed by atoms with Gasteiger partial charge in [-0.25, -0.2) is 4.79 Å². The maximum Gasteiger partial charge on any atom is 0.324 e. The Morgan fingerprint density at radius 2 is 2.22 bits per heavy atom. The van der Waals surface area contributed by atoms with Crippen LogP contribution in [0.4, 0.5) is 10.5 Å². The summed E-state index contributed by atoms with van der Waals surface area (Å²) in [5.74, 6) is 0. The summed E-state index contributed by atoms with van der Waals surface area (Å²) in [5.41, 5.74) is 1.96. The first-order chi connectivity index (χ1) is 8.54. The van der Waals surface area contributed by atoms with Crippen molar-refractivity contribution < 1.29 is 4.79 Å². The first-order valence-corrected chi connectivity index (χ1v) is 6.37. The summed E-state index contributed by atoms with van der Waals surface area (Å²) in [6.07, 6.45) is 0. The van der Waals surface area contributed by atoms with Gasteiger partial charge in [-0.1, -0.05) is 17.7 Å². The molecule has 98 valence electrons. The minimum absolute atomic E-state index is 0.0283. The normalized spacial score (nSPS) is 19.8. The van der Waals surface area contributed by atoms with E-state index in [1.807, 2.05) is 39.2 Å². The van der Waals surface area contributed by atoms with Crippen LogP contribution in [0.2, 0.25) is 5.02 Å². The third-order valence-corrected chi connectivity index (χ3v) is 3.61. The van der Waals surface area contributed by atoms with Crippen LogP contribution in [0.3, 0.4) is 0 Å². The highest BCUT2D eigenvalue weighted by atomic mass is 35.5. The zero-order valence-corrected chi connectivity index (χ0v) is 11.7. The molecule has 1 aromatic carbocycles. The number of benzene rings is 1. The van der Waals surface area contributed by atoms with E-state index in [-0.39, 0.29) is 12.1 Å². The molecule has 2 amide bonds. The van der Waals surface area contributed by atoms with Gasteiger partial charge >= 0.3 is 6.03 Å². The largest absolute Gasteiger partial charge is 0.324 e. The fourth-order valence-corrected chi connectivity index (χ4v) is 2.44. The Labute approximate surface area is 113 Å². The van der Waals surface area contributed by atoms with Crippen LogP contribution in [0.15, 0.2) is 18.2 Å². The molecule has 0 spiro atoms. The molecule has 1 N–H and O–H groups in total. The van der Waals surface area contributed by atoms with E-state index in [4.69, 9.17) is 11.6 Å². The highest BCUT2D eigenvalue weighted by Crippen LogP contribution is 2.28. The Morgan fingerprint density at radius 1 is 1.50 bits per heavy atom. The van der Waals surface area contributed by atoms with Crippen LogP contribution in [-0.4, -0.2) is 44.2 Å². The van der Waals surface area contributed by atoms with Crippen molar-refractivity contribution in [2.24, 2.45) is 0 Å². The van der Waals surface area contributed by atoms with E-state index in [0.717, 1.165) is 17.8 Å². The highest BCUT2D eigenvalue weighted by molar-refractivity contribution is 6.31. The molecular weight excluding hydrogens is 250 g/mol. The van der Waals surface area contributed by atoms with Crippen LogP contribution in [-0.2, 0) is 0 Å². The predicted molar refractivity (Wildman–Crippen MR) is 74.4 cm³/mol. The van der Waals surface area contributed by atoms with E-state index in [2.05, 4.69) is 5.32 Å². The SMILES string of the molecule is CNCC1CN(c2cc(Cl)ccc2C)C(=O)N1C. The number of aryl methyl sites for hydroxylation is 1. The Balaban J connectivity index is 2.29. The van der Waals surface area contributed by atoms with E-state index in [0.29, 0.717) is 11.6 Å². The van der Waals surface area contributed by atoms with Gasteiger partial charge in [0, 0.05) is 30.8 Å². The Kier molecular flexibility index (Phi) is 3.78. The van der Waals surface area contributed by atoms with E-state index >= 15 is 0 Å². The molecule has 0 bridgehead atoms. The molecule has 4 nitrogen and oxygen atoms in total. The summed E-state index contributed by atoms with van der Waals surface area (Å²) in [5, 5.41) is 3.77. The third kappa shape index (κ3) is 2.31. The lowest BCUT2D eigenvalue weighted by Crippen LogP contribution is -2.37. The summed E-state index contributed by atoms with van der Waals surface area (Å²) in [4.78, 5) is 15.8. The average Bonchev–Trinajstić information content (AvgIpc) is 2.61. The molecule has 0 saturated carbocycles. The third-order valence-electron chi connectivity index (χ3n) is 3.38. The van der Waals surface area contributed by atoms with Gasteiger partial charge in [0.1, 0.15) is 0 Å². The van der Waals surface area contributed by atoms with Gasteiger partial charge in [-0.05, 0) is 31.7 Å². The van der Waals surface area contributed by atoms with Crippen molar-refractivity contribution in [3.63, 3.8) is 0 Å². The fourth-order valence-electron chi connectivity index (χ4n) is 2.27. The van der Waals surface area contributed by atoms with Gasteiger partial charge in [0.2, 0.25) is 0 Å². The topological polar surface area (TPSA) is 35.6 Å². The van der Waals surface area contributed by atoms with Gasteiger partial charge in [-0.3, -0.25) is 4.90 Å². The fraction of sp³-hybridized carbons (Fsp3) is 0.462. The first kappa shape index (κ1) is 13.2. The first-order valence-electron chi connectivity index (χ1n) is 5.99. The van der Waals surface area contributed by atoms with Crippen molar-refractivity contribution in [1.29, 1.82) is 0 Å². The number of nitrogens with zero attached hydrogens (tertiary/aromatic N) is 2. The van der Waals surface area contributed by atoms with Crippen LogP contribution in [0.5, 0.6) is 0 Å². The molecule has 0 aromatic heterocycles. The van der Waals surface area contributed by atoms with Gasteiger partial charge < -0.3 is 10.2 Å². The lowest BCUT2D eigenvalue weighted by Gasteiger charge is -2.18. The highest BCUT2D eigenvalue weighted by Gasteiger charge is 2.35. The molecule has 1 heterocycles. The van der Waals surface area contributed by atoms with Gasteiger partial charge in [-0.15, -0.1) is 0 Å². The lowest BCUT2D eigenvalue weighted by molar-refractivity contribution is 0.218. The molecule has 1 atom stereocenters. The van der Waals surface area contributed by atoms with E-state index in [9.17, 15) is 4.79 Å². The van der Waals surface area contributed by atoms with Crippen molar-refractivity contribution in [1.82, 2.24) is 10.2 Å². The van der Waals surface area contributed by atoms with Gasteiger partial charge in [0.25, 0.3) is 0 Å². The molecule has 18 heavy (non-hydrogen) atoms. The van der Waals surface area contributed by atoms with Crippen molar-refractivity contribution in [2.75, 3.05) is 32.1 Å². The zero-order valence-electron chi connectivity index (χ0n) is 10.9. The number of hydrogen-bond acceptors (Lipinski definition) is 2. The average molecular weight is 268 g/mol. The zero-order chi connectivity index (χ0) is 13.3. The van der Waals surface area contributed by atoms with Crippen LogP contribution in [0.1, 0.15) is 5.56 Å². The second-order valence-corrected chi connectivity index (χ2v) is 5.08. The Morgan fingerprint density at radius 3 is 2.89 bits per heavy atom. The quantitative estimate of drug-likeness (QED) is 0.911. The van der Waals surface area contributed by atoms with Gasteiger partial charge in [0.05, 0.1) is 6.04 Å². The Hall–Kier alpha value is -1.26. The van der Waals surface area contributed by atoms with Gasteiger partial charge in [0.15, 0.2) is 0 Å². The number of urea groups is 1. The smallest absolute Gasteiger partial charge is 0.321 e. The predicted octanol–water partition coefficient (Wildman–Crippen LogP) is 2.11. The second-order valence-electron chi connectivity index (χ2n) is 4.65. The van der Waals surface area contributed by atoms with Crippen LogP contribution in [0.25, 0.3) is 0 Å². The minimum Gasteiger partial charge on any atom is -0.321 e. The summed E-state index contributed by atoms with van der Waals surface area (Å²) in [6, 6.07) is 5.86. The monoisotopic (exact) mass is 267 g/mol.